The van der Waals surface area contributed by atoms with Crippen molar-refractivity contribution in [3.63, 3.8) is 0 Å². The van der Waals surface area contributed by atoms with E-state index >= 15 is 0 Å². The van der Waals surface area contributed by atoms with Crippen LogP contribution >= 0.6 is 0 Å². The van der Waals surface area contributed by atoms with Crippen molar-refractivity contribution in [2.45, 2.75) is 149 Å². The fourth-order valence-corrected chi connectivity index (χ4v) is 3.55. The molecule has 1 unspecified atom stereocenters. The Hall–Kier alpha value is -0.530. The Kier molecular flexibility index (Phi) is 20.4. The van der Waals surface area contributed by atoms with Gasteiger partial charge in [-0.15, -0.1) is 0 Å². The van der Waals surface area contributed by atoms with Gasteiger partial charge in [-0.3, -0.25) is 4.79 Å². The molecule has 0 aliphatic rings. The summed E-state index contributed by atoms with van der Waals surface area (Å²) in [6, 6.07) is 0. The van der Waals surface area contributed by atoms with Crippen LogP contribution < -0.4 is 0 Å². The van der Waals surface area contributed by atoms with Crippen molar-refractivity contribution in [2.75, 3.05) is 0 Å². The molecule has 0 aromatic heterocycles. The summed E-state index contributed by atoms with van der Waals surface area (Å²) in [5, 5.41) is 0. The van der Waals surface area contributed by atoms with Crippen LogP contribution in [-0.2, 0) is 9.53 Å². The maximum Gasteiger partial charge on any atom is 0.306 e. The summed E-state index contributed by atoms with van der Waals surface area (Å²) in [5.41, 5.74) is 0. The van der Waals surface area contributed by atoms with Gasteiger partial charge in [0.1, 0.15) is 6.10 Å². The molecule has 0 radical (unpaired) electrons. The van der Waals surface area contributed by atoms with Crippen LogP contribution in [0.2, 0.25) is 0 Å². The van der Waals surface area contributed by atoms with Crippen LogP contribution in [0.5, 0.6) is 0 Å². The second-order valence-electron chi connectivity index (χ2n) is 8.04. The van der Waals surface area contributed by atoms with Gasteiger partial charge in [-0.25, -0.2) is 0 Å². The fraction of sp³-hybridized carbons (Fsp3) is 0.958. The van der Waals surface area contributed by atoms with Crippen LogP contribution in [0, 0.1) is 0 Å². The highest BCUT2D eigenvalue weighted by Crippen LogP contribution is 2.18. The van der Waals surface area contributed by atoms with Crippen molar-refractivity contribution < 1.29 is 9.53 Å². The largest absolute Gasteiger partial charge is 0.462 e. The minimum Gasteiger partial charge on any atom is -0.462 e. The van der Waals surface area contributed by atoms with Gasteiger partial charge in [-0.2, -0.15) is 0 Å². The van der Waals surface area contributed by atoms with E-state index in [9.17, 15) is 4.79 Å². The first-order valence-corrected chi connectivity index (χ1v) is 11.9. The lowest BCUT2D eigenvalue weighted by molar-refractivity contribution is -0.149. The molecule has 0 amide bonds. The van der Waals surface area contributed by atoms with E-state index in [1.54, 1.807) is 0 Å². The van der Waals surface area contributed by atoms with E-state index in [-0.39, 0.29) is 12.1 Å². The van der Waals surface area contributed by atoms with Gasteiger partial charge in [0.2, 0.25) is 0 Å². The molecule has 0 bridgehead atoms. The lowest BCUT2D eigenvalue weighted by atomic mass is 10.0. The first-order valence-electron chi connectivity index (χ1n) is 11.9. The Bertz CT molecular complexity index is 288. The van der Waals surface area contributed by atoms with E-state index in [4.69, 9.17) is 4.74 Å². The Morgan fingerprint density at radius 1 is 0.577 bits per heavy atom. The Balaban J connectivity index is 3.80. The van der Waals surface area contributed by atoms with Crippen molar-refractivity contribution in [1.29, 1.82) is 0 Å². The topological polar surface area (TPSA) is 26.3 Å². The highest BCUT2D eigenvalue weighted by atomic mass is 16.5. The third kappa shape index (κ3) is 18.3. The van der Waals surface area contributed by atoms with Gasteiger partial charge < -0.3 is 4.74 Å². The SMILES string of the molecule is CCCCCCCCCCCC(CCCCCCCC)OC(=O)CCC. The molecule has 26 heavy (non-hydrogen) atoms. The van der Waals surface area contributed by atoms with Gasteiger partial charge in [0, 0.05) is 6.42 Å². The number of ether oxygens (including phenoxy) is 1. The lowest BCUT2D eigenvalue weighted by Crippen LogP contribution is -2.18. The number of hydrogen-bond donors (Lipinski definition) is 0. The molecule has 0 aliphatic carbocycles. The van der Waals surface area contributed by atoms with Gasteiger partial charge in [0.05, 0.1) is 0 Å². The average molecular weight is 369 g/mol. The average Bonchev–Trinajstić information content (AvgIpc) is 2.63. The Morgan fingerprint density at radius 2 is 0.962 bits per heavy atom. The van der Waals surface area contributed by atoms with Crippen molar-refractivity contribution in [3.8, 4) is 0 Å². The monoisotopic (exact) mass is 368 g/mol. The van der Waals surface area contributed by atoms with Crippen molar-refractivity contribution in [3.05, 3.63) is 0 Å². The van der Waals surface area contributed by atoms with E-state index in [0.29, 0.717) is 6.42 Å². The zero-order valence-corrected chi connectivity index (χ0v) is 18.3. The molecular weight excluding hydrogens is 320 g/mol. The molecule has 0 saturated heterocycles. The van der Waals surface area contributed by atoms with Gasteiger partial charge in [0.15, 0.2) is 0 Å². The Morgan fingerprint density at radius 3 is 1.35 bits per heavy atom. The van der Waals surface area contributed by atoms with E-state index in [0.717, 1.165) is 19.3 Å². The third-order valence-corrected chi connectivity index (χ3v) is 5.26. The van der Waals surface area contributed by atoms with Crippen molar-refractivity contribution in [2.24, 2.45) is 0 Å². The molecule has 0 rings (SSSR count). The molecular formula is C24H48O2. The summed E-state index contributed by atoms with van der Waals surface area (Å²) < 4.78 is 5.75. The zero-order valence-electron chi connectivity index (χ0n) is 18.3. The maximum absolute atomic E-state index is 11.9. The normalized spacial score (nSPS) is 12.3. The molecule has 0 spiro atoms. The van der Waals surface area contributed by atoms with E-state index in [1.807, 2.05) is 6.92 Å². The van der Waals surface area contributed by atoms with Crippen LogP contribution in [0.25, 0.3) is 0 Å². The van der Waals surface area contributed by atoms with Gasteiger partial charge in [0.25, 0.3) is 0 Å². The van der Waals surface area contributed by atoms with E-state index in [2.05, 4.69) is 13.8 Å². The number of unbranched alkanes of at least 4 members (excludes halogenated alkanes) is 13. The second-order valence-corrected chi connectivity index (χ2v) is 8.04. The molecule has 1 atom stereocenters. The number of carbonyl (C=O) groups excluding carboxylic acids is 1. The molecule has 0 aromatic carbocycles. The second kappa shape index (κ2) is 20.8. The van der Waals surface area contributed by atoms with Crippen molar-refractivity contribution >= 4 is 5.97 Å². The molecule has 2 heteroatoms. The summed E-state index contributed by atoms with van der Waals surface area (Å²) in [5.74, 6) is 0.0133. The summed E-state index contributed by atoms with van der Waals surface area (Å²) >= 11 is 0. The fourth-order valence-electron chi connectivity index (χ4n) is 3.55. The number of rotatable bonds is 20. The number of hydrogen-bond acceptors (Lipinski definition) is 2. The number of esters is 1. The highest BCUT2D eigenvalue weighted by Gasteiger charge is 2.13. The summed E-state index contributed by atoms with van der Waals surface area (Å²) in [6.45, 7) is 6.58. The van der Waals surface area contributed by atoms with Crippen LogP contribution in [0.1, 0.15) is 143 Å². The first kappa shape index (κ1) is 25.5. The molecule has 0 heterocycles. The maximum atomic E-state index is 11.9. The van der Waals surface area contributed by atoms with E-state index < -0.39 is 0 Å². The summed E-state index contributed by atoms with van der Waals surface area (Å²) in [4.78, 5) is 11.9. The summed E-state index contributed by atoms with van der Waals surface area (Å²) in [7, 11) is 0. The standard InChI is InChI=1S/C24H48O2/c1-4-7-9-11-13-14-15-17-19-22-23(26-24(25)20-6-3)21-18-16-12-10-8-5-2/h23H,4-22H2,1-3H3. The molecule has 0 N–H and O–H groups in total. The molecule has 0 fully saturated rings. The minimum atomic E-state index is 0.0133. The molecule has 2 nitrogen and oxygen atoms in total. The van der Waals surface area contributed by atoms with Gasteiger partial charge in [-0.05, 0) is 32.1 Å². The van der Waals surface area contributed by atoms with Crippen molar-refractivity contribution in [1.82, 2.24) is 0 Å². The highest BCUT2D eigenvalue weighted by molar-refractivity contribution is 5.69. The Labute approximate surface area is 164 Å². The number of carbonyl (C=O) groups is 1. The zero-order chi connectivity index (χ0) is 19.3. The quantitative estimate of drug-likeness (QED) is 0.159. The van der Waals surface area contributed by atoms with Crippen LogP contribution in [0.3, 0.4) is 0 Å². The lowest BCUT2D eigenvalue weighted by Gasteiger charge is -2.18. The molecule has 0 aromatic rings. The predicted molar refractivity (Wildman–Crippen MR) is 115 cm³/mol. The molecule has 0 saturated carbocycles. The van der Waals surface area contributed by atoms with Crippen LogP contribution in [0.4, 0.5) is 0 Å². The first-order chi connectivity index (χ1) is 12.7. The minimum absolute atomic E-state index is 0.0133. The van der Waals surface area contributed by atoms with Gasteiger partial charge in [-0.1, -0.05) is 104 Å². The predicted octanol–water partition coefficient (Wildman–Crippen LogP) is 8.37. The molecule has 156 valence electrons. The van der Waals surface area contributed by atoms with Crippen LogP contribution in [-0.4, -0.2) is 12.1 Å². The summed E-state index contributed by atoms with van der Waals surface area (Å²) in [6.07, 6.45) is 23.8. The van der Waals surface area contributed by atoms with Gasteiger partial charge >= 0.3 is 5.97 Å². The van der Waals surface area contributed by atoms with E-state index in [1.165, 1.54) is 96.3 Å². The molecule has 0 aliphatic heterocycles. The third-order valence-electron chi connectivity index (χ3n) is 5.26. The van der Waals surface area contributed by atoms with Crippen LogP contribution in [0.15, 0.2) is 0 Å². The smallest absolute Gasteiger partial charge is 0.306 e.